The fourth-order valence-electron chi connectivity index (χ4n) is 9.39. The lowest BCUT2D eigenvalue weighted by Crippen LogP contribution is -2.74. The van der Waals surface area contributed by atoms with E-state index in [1.165, 1.54) is 7.11 Å². The average molecular weight is 792 g/mol. The van der Waals surface area contributed by atoms with Crippen molar-refractivity contribution in [2.24, 2.45) is 16.7 Å². The molecule has 15 heteroatoms. The molecule has 0 radical (unpaired) electrons. The third kappa shape index (κ3) is 8.43. The van der Waals surface area contributed by atoms with E-state index in [0.717, 1.165) is 70.0 Å². The van der Waals surface area contributed by atoms with E-state index in [4.69, 9.17) is 9.47 Å². The zero-order valence-electron chi connectivity index (χ0n) is 33.9. The number of anilines is 2. The number of hydrogen-bond acceptors (Lipinski definition) is 12. The minimum Gasteiger partial charge on any atom is -0.495 e. The van der Waals surface area contributed by atoms with Gasteiger partial charge in [0.2, 0.25) is 17.6 Å². The number of nitrogens with zero attached hydrogens (tertiary/aromatic N) is 6. The van der Waals surface area contributed by atoms with Gasteiger partial charge in [0.15, 0.2) is 0 Å². The quantitative estimate of drug-likeness (QED) is 0.241. The summed E-state index contributed by atoms with van der Waals surface area (Å²) in [5, 5.41) is 17.5. The summed E-state index contributed by atoms with van der Waals surface area (Å²) in [6.45, 7) is 14.9. The predicted molar refractivity (Wildman–Crippen MR) is 217 cm³/mol. The number of carbonyl (C=O) groups is 4. The molecule has 3 N–H and O–H groups in total. The summed E-state index contributed by atoms with van der Waals surface area (Å²) in [7, 11) is 1.53. The number of piperazine rings is 1. The van der Waals surface area contributed by atoms with E-state index < -0.39 is 17.9 Å². The van der Waals surface area contributed by atoms with E-state index in [0.29, 0.717) is 28.5 Å². The van der Waals surface area contributed by atoms with Gasteiger partial charge in [-0.25, -0.2) is 9.97 Å². The third-order valence-corrected chi connectivity index (χ3v) is 12.4. The maximum Gasteiger partial charge on any atom is 0.289 e. The molecule has 58 heavy (non-hydrogen) atoms. The molecule has 0 bridgehead atoms. The van der Waals surface area contributed by atoms with E-state index in [2.05, 4.69) is 86.5 Å². The second-order valence-electron chi connectivity index (χ2n) is 17.0. The van der Waals surface area contributed by atoms with E-state index in [1.54, 1.807) is 30.6 Å². The maximum atomic E-state index is 13.5. The molecule has 3 aromatic rings. The summed E-state index contributed by atoms with van der Waals surface area (Å²) in [5.74, 6) is 0.202. The van der Waals surface area contributed by atoms with Crippen LogP contribution in [0.25, 0.3) is 0 Å². The number of aromatic nitrogens is 2. The van der Waals surface area contributed by atoms with Gasteiger partial charge < -0.3 is 29.9 Å². The molecule has 4 fully saturated rings. The Morgan fingerprint density at radius 1 is 0.862 bits per heavy atom. The molecule has 1 atom stereocenters. The first-order valence-corrected chi connectivity index (χ1v) is 20.1. The van der Waals surface area contributed by atoms with E-state index in [9.17, 15) is 24.4 Å². The Kier molecular flexibility index (Phi) is 11.6. The molecule has 1 aliphatic carbocycles. The monoisotopic (exact) mass is 791 g/mol. The Bertz CT molecular complexity index is 2030. The van der Waals surface area contributed by atoms with Crippen molar-refractivity contribution in [2.45, 2.75) is 71.6 Å². The summed E-state index contributed by atoms with van der Waals surface area (Å²) < 4.78 is 11.8. The number of carbonyl (C=O) groups excluding carboxylic acids is 4. The molecule has 4 aliphatic rings. The number of hydrogen-bond donors (Lipinski definition) is 3. The smallest absolute Gasteiger partial charge is 0.289 e. The summed E-state index contributed by atoms with van der Waals surface area (Å²) >= 11 is 0. The van der Waals surface area contributed by atoms with Crippen molar-refractivity contribution in [1.82, 2.24) is 30.8 Å². The zero-order valence-corrected chi connectivity index (χ0v) is 33.9. The molecule has 1 aromatic heterocycles. The molecule has 3 saturated heterocycles. The third-order valence-electron chi connectivity index (χ3n) is 12.4. The summed E-state index contributed by atoms with van der Waals surface area (Å²) in [4.78, 5) is 65.1. The molecule has 2 aromatic carbocycles. The topological polar surface area (TPSA) is 182 Å². The first-order valence-electron chi connectivity index (χ1n) is 20.1. The molecule has 4 heterocycles. The molecule has 0 spiro atoms. The highest BCUT2D eigenvalue weighted by atomic mass is 16.5. The summed E-state index contributed by atoms with van der Waals surface area (Å²) in [5.41, 5.74) is 2.37. The molecule has 3 aliphatic heterocycles. The first-order chi connectivity index (χ1) is 27.8. The molecule has 306 valence electrons. The highest BCUT2D eigenvalue weighted by Crippen LogP contribution is 2.55. The normalized spacial score (nSPS) is 23.2. The van der Waals surface area contributed by atoms with Gasteiger partial charge in [-0.15, -0.1) is 0 Å². The van der Waals surface area contributed by atoms with Crippen molar-refractivity contribution < 1.29 is 28.7 Å². The Morgan fingerprint density at radius 3 is 2.14 bits per heavy atom. The van der Waals surface area contributed by atoms with Crippen LogP contribution in [0, 0.1) is 28.1 Å². The standard InChI is InChI=1S/C43H53N9O6/c1-42(2)40(43(3,4)41(42)58-32-11-8-29(23-44)34(22-32)57-5)49-37(54)28-6-9-30(10-7-28)51-16-14-27(15-17-51)26-50-18-20-52(21-19-50)31-24-45-36(46-25-31)39(56)47-33-12-13-35(53)48-38(33)55/h6-11,22,24-25,27,33,40-41H,12-21,26H2,1-5H3,(H,47,56)(H,49,54)(H,48,53,55)/t33?,40-,41-. The molecule has 1 unspecified atom stereocenters. The van der Waals surface area contributed by atoms with Gasteiger partial charge in [-0.3, -0.25) is 29.4 Å². The number of benzene rings is 2. The van der Waals surface area contributed by atoms with Crippen LogP contribution in [0.1, 0.15) is 79.9 Å². The minimum atomic E-state index is -0.773. The van der Waals surface area contributed by atoms with Crippen molar-refractivity contribution >= 4 is 35.0 Å². The zero-order chi connectivity index (χ0) is 41.2. The lowest BCUT2D eigenvalue weighted by molar-refractivity contribution is -0.164. The molecule has 7 rings (SSSR count). The van der Waals surface area contributed by atoms with Crippen LogP contribution < -0.4 is 35.2 Å². The Balaban J connectivity index is 0.835. The van der Waals surface area contributed by atoms with Crippen LogP contribution in [0.5, 0.6) is 11.5 Å². The Hall–Kier alpha value is -5.75. The molecule has 15 nitrogen and oxygen atoms in total. The summed E-state index contributed by atoms with van der Waals surface area (Å²) in [6.07, 6.45) is 5.76. The van der Waals surface area contributed by atoms with Gasteiger partial charge in [0.05, 0.1) is 30.8 Å². The van der Waals surface area contributed by atoms with E-state index >= 15 is 0 Å². The lowest BCUT2D eigenvalue weighted by atomic mass is 9.49. The van der Waals surface area contributed by atoms with Crippen LogP contribution in [0.2, 0.25) is 0 Å². The fourth-order valence-corrected chi connectivity index (χ4v) is 9.39. The Labute approximate surface area is 339 Å². The van der Waals surface area contributed by atoms with Gasteiger partial charge >= 0.3 is 0 Å². The van der Waals surface area contributed by atoms with E-state index in [1.807, 2.05) is 12.1 Å². The van der Waals surface area contributed by atoms with Crippen LogP contribution >= 0.6 is 0 Å². The van der Waals surface area contributed by atoms with Crippen molar-refractivity contribution in [2.75, 3.05) is 62.7 Å². The van der Waals surface area contributed by atoms with Gasteiger partial charge in [-0.1, -0.05) is 27.7 Å². The fraction of sp³-hybridized carbons (Fsp3) is 0.512. The average Bonchev–Trinajstić information content (AvgIpc) is 3.23. The van der Waals surface area contributed by atoms with Crippen molar-refractivity contribution in [3.8, 4) is 17.6 Å². The largest absolute Gasteiger partial charge is 0.495 e. The number of methoxy groups -OCH3 is 1. The lowest BCUT2D eigenvalue weighted by Gasteiger charge is -2.63. The van der Waals surface area contributed by atoms with Gasteiger partial charge in [-0.05, 0) is 61.6 Å². The van der Waals surface area contributed by atoms with Crippen molar-refractivity contribution in [1.29, 1.82) is 5.26 Å². The second-order valence-corrected chi connectivity index (χ2v) is 17.0. The molecule has 4 amide bonds. The maximum absolute atomic E-state index is 13.5. The molecule has 1 saturated carbocycles. The number of nitriles is 1. The van der Waals surface area contributed by atoms with Crippen LogP contribution in [0.3, 0.4) is 0 Å². The number of ether oxygens (including phenoxy) is 2. The highest BCUT2D eigenvalue weighted by Gasteiger charge is 2.64. The molecular formula is C43H53N9O6. The second kappa shape index (κ2) is 16.6. The molecular weight excluding hydrogens is 739 g/mol. The number of rotatable bonds is 11. The van der Waals surface area contributed by atoms with Gasteiger partial charge in [0.1, 0.15) is 29.7 Å². The van der Waals surface area contributed by atoms with Gasteiger partial charge in [-0.2, -0.15) is 5.26 Å². The summed E-state index contributed by atoms with van der Waals surface area (Å²) in [6, 6.07) is 14.4. The van der Waals surface area contributed by atoms with E-state index in [-0.39, 0.29) is 53.5 Å². The SMILES string of the molecule is COc1cc(O[C@H]2C(C)(C)[C@H](NC(=O)c3ccc(N4CCC(CN5CCN(c6cnc(C(=O)NC7CCC(=O)NC7=O)nc6)CC5)CC4)cc3)C2(C)C)ccc1C#N. The first kappa shape index (κ1) is 40.4. The van der Waals surface area contributed by atoms with Crippen molar-refractivity contribution in [3.63, 3.8) is 0 Å². The predicted octanol–water partition coefficient (Wildman–Crippen LogP) is 3.54. The minimum absolute atomic E-state index is 0.0119. The van der Waals surface area contributed by atoms with Crippen LogP contribution in [0.4, 0.5) is 11.4 Å². The van der Waals surface area contributed by atoms with Crippen molar-refractivity contribution in [3.05, 3.63) is 71.8 Å². The number of imide groups is 1. The van der Waals surface area contributed by atoms with Gasteiger partial charge in [0.25, 0.3) is 11.8 Å². The Morgan fingerprint density at radius 2 is 1.52 bits per heavy atom. The number of piperidine rings is 2. The number of amides is 4. The highest BCUT2D eigenvalue weighted by molar-refractivity contribution is 6.03. The van der Waals surface area contributed by atoms with Crippen LogP contribution in [-0.2, 0) is 9.59 Å². The van der Waals surface area contributed by atoms with Crippen LogP contribution in [-0.4, -0.2) is 110 Å². The number of nitrogens with one attached hydrogen (secondary N) is 3. The van der Waals surface area contributed by atoms with Crippen LogP contribution in [0.15, 0.2) is 54.9 Å². The van der Waals surface area contributed by atoms with Gasteiger partial charge in [0, 0.05) is 86.4 Å².